The molecule has 1 fully saturated rings. The van der Waals surface area contributed by atoms with Gasteiger partial charge in [-0.1, -0.05) is 11.6 Å². The predicted molar refractivity (Wildman–Crippen MR) is 108 cm³/mol. The maximum atomic E-state index is 12.9. The number of hydrogen-bond donors (Lipinski definition) is 1. The van der Waals surface area contributed by atoms with Crippen LogP contribution in [-0.4, -0.2) is 28.3 Å². The van der Waals surface area contributed by atoms with Crippen molar-refractivity contribution in [3.05, 3.63) is 46.1 Å². The molecule has 1 heterocycles. The second kappa shape index (κ2) is 9.29. The van der Waals surface area contributed by atoms with E-state index in [0.29, 0.717) is 12.5 Å². The molecule has 1 saturated carbocycles. The van der Waals surface area contributed by atoms with E-state index in [-0.39, 0.29) is 16.6 Å². The van der Waals surface area contributed by atoms with Crippen molar-refractivity contribution >= 4 is 17.5 Å². The molecule has 9 heteroatoms. The molecule has 30 heavy (non-hydrogen) atoms. The first-order valence-corrected chi connectivity index (χ1v) is 10.4. The number of amides is 1. The SMILES string of the molecule is CCOc1cc(C)nn1C[C@H]1CC[C@H](NC(=O)c2cc(C(F)(F)F)ccc2Cl)CC1. The summed E-state index contributed by atoms with van der Waals surface area (Å²) in [5.41, 5.74) is -0.139. The number of hydrogen-bond acceptors (Lipinski definition) is 3. The van der Waals surface area contributed by atoms with Crippen molar-refractivity contribution in [3.8, 4) is 5.88 Å². The summed E-state index contributed by atoms with van der Waals surface area (Å²) in [5.74, 6) is 0.578. The number of nitrogens with zero attached hydrogens (tertiary/aromatic N) is 2. The Morgan fingerprint density at radius 2 is 1.97 bits per heavy atom. The minimum atomic E-state index is -4.52. The van der Waals surface area contributed by atoms with Crippen molar-refractivity contribution in [2.45, 2.75) is 58.3 Å². The van der Waals surface area contributed by atoms with Crippen molar-refractivity contribution in [3.63, 3.8) is 0 Å². The number of rotatable bonds is 6. The molecule has 5 nitrogen and oxygen atoms in total. The fourth-order valence-corrected chi connectivity index (χ4v) is 3.99. The molecule has 0 radical (unpaired) electrons. The van der Waals surface area contributed by atoms with Gasteiger partial charge < -0.3 is 10.1 Å². The summed E-state index contributed by atoms with van der Waals surface area (Å²) < 4.78 is 46.3. The number of nitrogens with one attached hydrogen (secondary N) is 1. The minimum Gasteiger partial charge on any atom is -0.478 e. The minimum absolute atomic E-state index is 0.00620. The zero-order valence-electron chi connectivity index (χ0n) is 16.9. The molecule has 0 saturated heterocycles. The van der Waals surface area contributed by atoms with Crippen LogP contribution in [0.3, 0.4) is 0 Å². The van der Waals surface area contributed by atoms with Gasteiger partial charge in [-0.3, -0.25) is 4.79 Å². The van der Waals surface area contributed by atoms with Gasteiger partial charge in [-0.2, -0.15) is 18.3 Å². The largest absolute Gasteiger partial charge is 0.478 e. The molecule has 1 N–H and O–H groups in total. The lowest BCUT2D eigenvalue weighted by molar-refractivity contribution is -0.137. The smallest absolute Gasteiger partial charge is 0.416 e. The van der Waals surface area contributed by atoms with Gasteiger partial charge in [-0.15, -0.1) is 0 Å². The third-order valence-corrected chi connectivity index (χ3v) is 5.64. The standard InChI is InChI=1S/C21H25ClF3N3O2/c1-3-30-19-10-13(2)27-28(19)12-14-4-7-16(8-5-14)26-20(29)17-11-15(21(23,24)25)6-9-18(17)22/h6,9-11,14,16H,3-5,7-8,12H2,1-2H3,(H,26,29)/t14-,16-. The quantitative estimate of drug-likeness (QED) is 0.663. The zero-order valence-corrected chi connectivity index (χ0v) is 17.7. The average molecular weight is 444 g/mol. The summed E-state index contributed by atoms with van der Waals surface area (Å²) in [4.78, 5) is 12.5. The van der Waals surface area contributed by atoms with Crippen LogP contribution in [0.5, 0.6) is 5.88 Å². The molecule has 164 valence electrons. The molecular weight excluding hydrogens is 419 g/mol. The highest BCUT2D eigenvalue weighted by atomic mass is 35.5. The molecule has 3 rings (SSSR count). The average Bonchev–Trinajstić information content (AvgIpc) is 3.02. The van der Waals surface area contributed by atoms with Crippen LogP contribution in [0.25, 0.3) is 0 Å². The highest BCUT2D eigenvalue weighted by molar-refractivity contribution is 6.33. The van der Waals surface area contributed by atoms with E-state index in [1.807, 2.05) is 24.6 Å². The molecule has 0 atom stereocenters. The second-order valence-electron chi connectivity index (χ2n) is 7.62. The number of aryl methyl sites for hydroxylation is 1. The monoisotopic (exact) mass is 443 g/mol. The van der Waals surface area contributed by atoms with Gasteiger partial charge in [0, 0.05) is 18.7 Å². The summed E-state index contributed by atoms with van der Waals surface area (Å²) >= 11 is 5.97. The highest BCUT2D eigenvalue weighted by Crippen LogP contribution is 2.32. The van der Waals surface area contributed by atoms with Crippen LogP contribution >= 0.6 is 11.6 Å². The Hall–Kier alpha value is -2.22. The van der Waals surface area contributed by atoms with Gasteiger partial charge in [-0.25, -0.2) is 4.68 Å². The highest BCUT2D eigenvalue weighted by Gasteiger charge is 2.32. The Labute approximate surface area is 178 Å². The summed E-state index contributed by atoms with van der Waals surface area (Å²) in [6, 6.07) is 4.60. The Balaban J connectivity index is 1.57. The van der Waals surface area contributed by atoms with Gasteiger partial charge in [0.2, 0.25) is 5.88 Å². The lowest BCUT2D eigenvalue weighted by Crippen LogP contribution is -2.38. The number of carbonyl (C=O) groups is 1. The molecule has 0 unspecified atom stereocenters. The van der Waals surface area contributed by atoms with Crippen molar-refractivity contribution in [1.82, 2.24) is 15.1 Å². The van der Waals surface area contributed by atoms with E-state index in [1.165, 1.54) is 0 Å². The summed E-state index contributed by atoms with van der Waals surface area (Å²) in [6.45, 7) is 5.16. The van der Waals surface area contributed by atoms with Crippen LogP contribution in [0.1, 0.15) is 54.2 Å². The first-order valence-electron chi connectivity index (χ1n) is 10.0. The molecule has 1 aromatic heterocycles. The number of carbonyl (C=O) groups excluding carboxylic acids is 1. The Morgan fingerprint density at radius 1 is 1.27 bits per heavy atom. The van der Waals surface area contributed by atoms with E-state index in [0.717, 1.165) is 62.0 Å². The van der Waals surface area contributed by atoms with Crippen LogP contribution in [0.2, 0.25) is 5.02 Å². The maximum absolute atomic E-state index is 12.9. The third kappa shape index (κ3) is 5.47. The number of ether oxygens (including phenoxy) is 1. The molecule has 0 spiro atoms. The van der Waals surface area contributed by atoms with E-state index < -0.39 is 17.6 Å². The third-order valence-electron chi connectivity index (χ3n) is 5.31. The van der Waals surface area contributed by atoms with Crippen molar-refractivity contribution in [2.24, 2.45) is 5.92 Å². The van der Waals surface area contributed by atoms with E-state index >= 15 is 0 Å². The summed E-state index contributed by atoms with van der Waals surface area (Å²) in [6.07, 6.45) is -1.27. The van der Waals surface area contributed by atoms with E-state index in [4.69, 9.17) is 16.3 Å². The molecule has 0 aliphatic heterocycles. The van der Waals surface area contributed by atoms with Crippen LogP contribution in [0.15, 0.2) is 24.3 Å². The van der Waals surface area contributed by atoms with Crippen molar-refractivity contribution < 1.29 is 22.7 Å². The van der Waals surface area contributed by atoms with Gasteiger partial charge in [-0.05, 0) is 63.6 Å². The zero-order chi connectivity index (χ0) is 21.9. The first kappa shape index (κ1) is 22.5. The predicted octanol–water partition coefficient (Wildman–Crippen LogP) is 5.25. The topological polar surface area (TPSA) is 56.1 Å². The van der Waals surface area contributed by atoms with E-state index in [1.54, 1.807) is 0 Å². The fourth-order valence-electron chi connectivity index (χ4n) is 3.79. The van der Waals surface area contributed by atoms with Crippen LogP contribution in [0, 0.1) is 12.8 Å². The van der Waals surface area contributed by atoms with Gasteiger partial charge in [0.25, 0.3) is 5.91 Å². The number of aromatic nitrogens is 2. The van der Waals surface area contributed by atoms with Gasteiger partial charge in [0.1, 0.15) is 0 Å². The maximum Gasteiger partial charge on any atom is 0.416 e. The van der Waals surface area contributed by atoms with Crippen molar-refractivity contribution in [1.29, 1.82) is 0 Å². The lowest BCUT2D eigenvalue weighted by atomic mass is 9.86. The molecule has 1 aliphatic carbocycles. The summed E-state index contributed by atoms with van der Waals surface area (Å²) in [7, 11) is 0. The number of benzene rings is 1. The molecule has 1 aromatic carbocycles. The molecule has 0 bridgehead atoms. The molecule has 2 aromatic rings. The Kier molecular flexibility index (Phi) is 6.95. The molecule has 1 aliphatic rings. The van der Waals surface area contributed by atoms with Gasteiger partial charge in [0.05, 0.1) is 28.5 Å². The van der Waals surface area contributed by atoms with Gasteiger partial charge in [0.15, 0.2) is 0 Å². The fraction of sp³-hybridized carbons (Fsp3) is 0.524. The molecule has 1 amide bonds. The van der Waals surface area contributed by atoms with Gasteiger partial charge >= 0.3 is 6.18 Å². The second-order valence-corrected chi connectivity index (χ2v) is 8.03. The van der Waals surface area contributed by atoms with Crippen LogP contribution < -0.4 is 10.1 Å². The Morgan fingerprint density at radius 3 is 2.60 bits per heavy atom. The number of halogens is 4. The van der Waals surface area contributed by atoms with Crippen molar-refractivity contribution in [2.75, 3.05) is 6.61 Å². The molecular formula is C21H25ClF3N3O2. The van der Waals surface area contributed by atoms with Crippen LogP contribution in [0.4, 0.5) is 13.2 Å². The normalized spacial score (nSPS) is 19.5. The van der Waals surface area contributed by atoms with Crippen LogP contribution in [-0.2, 0) is 12.7 Å². The van der Waals surface area contributed by atoms with E-state index in [2.05, 4.69) is 10.4 Å². The first-order chi connectivity index (χ1) is 14.2. The Bertz CT molecular complexity index is 890. The number of alkyl halides is 3. The summed E-state index contributed by atoms with van der Waals surface area (Å²) in [5, 5.41) is 7.33. The van der Waals surface area contributed by atoms with E-state index in [9.17, 15) is 18.0 Å². The lowest BCUT2D eigenvalue weighted by Gasteiger charge is -2.29.